The predicted molar refractivity (Wildman–Crippen MR) is 74.6 cm³/mol. The maximum Gasteiger partial charge on any atom is 0.224 e. The van der Waals surface area contributed by atoms with Gasteiger partial charge in [-0.25, -0.2) is 13.6 Å². The lowest BCUT2D eigenvalue weighted by atomic mass is 10.1. The summed E-state index contributed by atoms with van der Waals surface area (Å²) >= 11 is 0. The van der Waals surface area contributed by atoms with E-state index < -0.39 is 15.3 Å². The van der Waals surface area contributed by atoms with Gasteiger partial charge in [0.2, 0.25) is 15.9 Å². The number of carbonyl (C=O) groups is 1. The third-order valence-corrected chi connectivity index (χ3v) is 4.88. The van der Waals surface area contributed by atoms with E-state index in [2.05, 4.69) is 0 Å². The Kier molecular flexibility index (Phi) is 4.01. The Labute approximate surface area is 118 Å². The monoisotopic (exact) mass is 298 g/mol. The van der Waals surface area contributed by atoms with Gasteiger partial charge in [0.05, 0.1) is 13.2 Å². The van der Waals surface area contributed by atoms with Gasteiger partial charge in [-0.2, -0.15) is 0 Å². The molecule has 6 nitrogen and oxygen atoms in total. The van der Waals surface area contributed by atoms with Crippen molar-refractivity contribution in [1.29, 1.82) is 0 Å². The van der Waals surface area contributed by atoms with Crippen molar-refractivity contribution >= 4 is 15.9 Å². The van der Waals surface area contributed by atoms with Crippen molar-refractivity contribution in [3.63, 3.8) is 0 Å². The SMILES string of the molecule is COc1cccc(C(C)N2CC(S(N)(=O)=O)CC2=O)c1. The van der Waals surface area contributed by atoms with E-state index >= 15 is 0 Å². The third kappa shape index (κ3) is 2.94. The first-order valence-electron chi connectivity index (χ1n) is 6.28. The number of hydrogen-bond acceptors (Lipinski definition) is 4. The molecular weight excluding hydrogens is 280 g/mol. The molecule has 1 aliphatic rings. The number of rotatable bonds is 4. The number of hydrogen-bond donors (Lipinski definition) is 1. The Balaban J connectivity index is 2.21. The molecule has 110 valence electrons. The summed E-state index contributed by atoms with van der Waals surface area (Å²) in [6, 6.07) is 7.15. The van der Waals surface area contributed by atoms with Gasteiger partial charge in [0.1, 0.15) is 11.0 Å². The van der Waals surface area contributed by atoms with E-state index in [4.69, 9.17) is 9.88 Å². The van der Waals surface area contributed by atoms with Crippen molar-refractivity contribution in [3.8, 4) is 5.75 Å². The molecule has 1 saturated heterocycles. The highest BCUT2D eigenvalue weighted by Crippen LogP contribution is 2.29. The zero-order valence-corrected chi connectivity index (χ0v) is 12.3. The summed E-state index contributed by atoms with van der Waals surface area (Å²) < 4.78 is 27.9. The summed E-state index contributed by atoms with van der Waals surface area (Å²) in [5, 5.41) is 4.31. The molecule has 1 amide bonds. The molecular formula is C13H18N2O4S. The Morgan fingerprint density at radius 2 is 2.15 bits per heavy atom. The average molecular weight is 298 g/mol. The fourth-order valence-corrected chi connectivity index (χ4v) is 3.12. The lowest BCUT2D eigenvalue weighted by molar-refractivity contribution is -0.129. The van der Waals surface area contributed by atoms with Crippen LogP contribution < -0.4 is 9.88 Å². The summed E-state index contributed by atoms with van der Waals surface area (Å²) in [6.45, 7) is 1.99. The molecule has 0 aromatic heterocycles. The maximum absolute atomic E-state index is 12.0. The van der Waals surface area contributed by atoms with E-state index in [0.717, 1.165) is 5.56 Å². The van der Waals surface area contributed by atoms with Crippen molar-refractivity contribution in [2.75, 3.05) is 13.7 Å². The van der Waals surface area contributed by atoms with Gasteiger partial charge in [-0.3, -0.25) is 4.79 Å². The van der Waals surface area contributed by atoms with E-state index in [1.807, 2.05) is 31.2 Å². The lowest BCUT2D eigenvalue weighted by Crippen LogP contribution is -2.33. The van der Waals surface area contributed by atoms with Crippen LogP contribution >= 0.6 is 0 Å². The van der Waals surface area contributed by atoms with Gasteiger partial charge in [0.25, 0.3) is 0 Å². The van der Waals surface area contributed by atoms with Crippen molar-refractivity contribution in [3.05, 3.63) is 29.8 Å². The number of nitrogens with zero attached hydrogens (tertiary/aromatic N) is 1. The molecule has 2 rings (SSSR count). The van der Waals surface area contributed by atoms with Gasteiger partial charge in [-0.05, 0) is 24.6 Å². The molecule has 1 aliphatic heterocycles. The Morgan fingerprint density at radius 3 is 2.70 bits per heavy atom. The molecule has 0 spiro atoms. The molecule has 2 atom stereocenters. The van der Waals surface area contributed by atoms with Crippen LogP contribution in [0.2, 0.25) is 0 Å². The van der Waals surface area contributed by atoms with Crippen molar-refractivity contribution in [1.82, 2.24) is 4.90 Å². The quantitative estimate of drug-likeness (QED) is 0.883. The second-order valence-electron chi connectivity index (χ2n) is 4.91. The van der Waals surface area contributed by atoms with E-state index in [1.54, 1.807) is 12.0 Å². The molecule has 0 aliphatic carbocycles. The van der Waals surface area contributed by atoms with Gasteiger partial charge in [-0.15, -0.1) is 0 Å². The highest BCUT2D eigenvalue weighted by Gasteiger charge is 2.38. The van der Waals surface area contributed by atoms with Crippen LogP contribution in [0.3, 0.4) is 0 Å². The first-order valence-corrected chi connectivity index (χ1v) is 7.89. The number of benzene rings is 1. The minimum atomic E-state index is -3.68. The van der Waals surface area contributed by atoms with Crippen LogP contribution in [0.5, 0.6) is 5.75 Å². The fraction of sp³-hybridized carbons (Fsp3) is 0.462. The van der Waals surface area contributed by atoms with Crippen LogP contribution in [-0.4, -0.2) is 38.1 Å². The minimum Gasteiger partial charge on any atom is -0.497 e. The summed E-state index contributed by atoms with van der Waals surface area (Å²) in [5.41, 5.74) is 0.896. The zero-order chi connectivity index (χ0) is 14.9. The molecule has 2 unspecified atom stereocenters. The number of sulfonamides is 1. The summed E-state index contributed by atoms with van der Waals surface area (Å²) in [6.07, 6.45) is -0.0485. The predicted octanol–water partition coefficient (Wildman–Crippen LogP) is 0.646. The summed E-state index contributed by atoms with van der Waals surface area (Å²) in [5.74, 6) is 0.503. The van der Waals surface area contributed by atoms with E-state index in [-0.39, 0.29) is 24.9 Å². The minimum absolute atomic E-state index is 0.0485. The number of likely N-dealkylation sites (tertiary alicyclic amines) is 1. The van der Waals surface area contributed by atoms with Crippen LogP contribution in [0.15, 0.2) is 24.3 Å². The smallest absolute Gasteiger partial charge is 0.224 e. The number of nitrogens with two attached hydrogens (primary N) is 1. The molecule has 1 heterocycles. The largest absolute Gasteiger partial charge is 0.497 e. The number of primary sulfonamides is 1. The van der Waals surface area contributed by atoms with Gasteiger partial charge in [0.15, 0.2) is 0 Å². The van der Waals surface area contributed by atoms with Gasteiger partial charge < -0.3 is 9.64 Å². The molecule has 20 heavy (non-hydrogen) atoms. The standard InChI is InChI=1S/C13H18N2O4S/c1-9(10-4-3-5-11(6-10)19-2)15-8-12(7-13(15)16)20(14,17)18/h3-6,9,12H,7-8H2,1-2H3,(H2,14,17,18). The van der Waals surface area contributed by atoms with Crippen molar-refractivity contribution in [2.24, 2.45) is 5.14 Å². The molecule has 1 aromatic rings. The number of carbonyl (C=O) groups excluding carboxylic acids is 1. The van der Waals surface area contributed by atoms with Crippen LogP contribution in [0.25, 0.3) is 0 Å². The maximum atomic E-state index is 12.0. The average Bonchev–Trinajstić information content (AvgIpc) is 2.80. The second-order valence-corrected chi connectivity index (χ2v) is 6.76. The van der Waals surface area contributed by atoms with Crippen LogP contribution in [-0.2, 0) is 14.8 Å². The summed E-state index contributed by atoms with van der Waals surface area (Å²) in [4.78, 5) is 13.5. The lowest BCUT2D eigenvalue weighted by Gasteiger charge is -2.25. The van der Waals surface area contributed by atoms with Crippen LogP contribution in [0.4, 0.5) is 0 Å². The zero-order valence-electron chi connectivity index (χ0n) is 11.4. The van der Waals surface area contributed by atoms with Gasteiger partial charge in [0, 0.05) is 13.0 Å². The highest BCUT2D eigenvalue weighted by atomic mass is 32.2. The number of ether oxygens (including phenoxy) is 1. The van der Waals surface area contributed by atoms with Crippen molar-refractivity contribution in [2.45, 2.75) is 24.6 Å². The van der Waals surface area contributed by atoms with E-state index in [1.165, 1.54) is 0 Å². The molecule has 0 saturated carbocycles. The van der Waals surface area contributed by atoms with E-state index in [9.17, 15) is 13.2 Å². The molecule has 0 bridgehead atoms. The van der Waals surface area contributed by atoms with E-state index in [0.29, 0.717) is 5.75 Å². The summed E-state index contributed by atoms with van der Waals surface area (Å²) in [7, 11) is -2.11. The Bertz CT molecular complexity index is 615. The van der Waals surface area contributed by atoms with Crippen LogP contribution in [0, 0.1) is 0 Å². The van der Waals surface area contributed by atoms with Crippen molar-refractivity contribution < 1.29 is 17.9 Å². The molecule has 1 fully saturated rings. The second kappa shape index (κ2) is 5.41. The highest BCUT2D eigenvalue weighted by molar-refractivity contribution is 7.89. The first-order chi connectivity index (χ1) is 9.32. The Morgan fingerprint density at radius 1 is 1.45 bits per heavy atom. The molecule has 7 heteroatoms. The number of amides is 1. The molecule has 1 aromatic carbocycles. The molecule has 0 radical (unpaired) electrons. The third-order valence-electron chi connectivity index (χ3n) is 3.63. The first kappa shape index (κ1) is 14.8. The normalized spacial score (nSPS) is 21.1. The topological polar surface area (TPSA) is 89.7 Å². The Hall–Kier alpha value is -1.60. The van der Waals surface area contributed by atoms with Crippen LogP contribution in [0.1, 0.15) is 24.9 Å². The van der Waals surface area contributed by atoms with Gasteiger partial charge >= 0.3 is 0 Å². The molecule has 2 N–H and O–H groups in total. The fourth-order valence-electron chi connectivity index (χ4n) is 2.37. The van der Waals surface area contributed by atoms with Gasteiger partial charge in [-0.1, -0.05) is 12.1 Å². The number of methoxy groups -OCH3 is 1.